The molecular weight excluding hydrogens is 404 g/mol. The Balaban J connectivity index is 1.42. The summed E-state index contributed by atoms with van der Waals surface area (Å²) < 4.78 is 31.7. The normalized spacial score (nSPS) is 11.7. The molecule has 4 rings (SSSR count). The van der Waals surface area contributed by atoms with Crippen LogP contribution in [0.25, 0.3) is 22.6 Å². The zero-order valence-corrected chi connectivity index (χ0v) is 16.8. The smallest absolute Gasteiger partial charge is 0.244 e. The molecule has 0 radical (unpaired) electrons. The summed E-state index contributed by atoms with van der Waals surface area (Å²) in [7, 11) is -2.45. The Bertz CT molecular complexity index is 1250. The molecule has 0 fully saturated rings. The van der Waals surface area contributed by atoms with Gasteiger partial charge in [0, 0.05) is 30.7 Å². The molecule has 0 bridgehead atoms. The van der Waals surface area contributed by atoms with Gasteiger partial charge in [-0.05, 0) is 48.5 Å². The lowest BCUT2D eigenvalue weighted by Crippen LogP contribution is -2.35. The fourth-order valence-corrected chi connectivity index (χ4v) is 3.95. The summed E-state index contributed by atoms with van der Waals surface area (Å²) in [5.74, 6) is 0.0240. The fraction of sp³-hybridized carbons (Fsp3) is 0.0952. The quantitative estimate of drug-likeness (QED) is 0.512. The molecule has 2 heterocycles. The molecule has 2 aromatic carbocycles. The number of carbonyl (C=O) groups excluding carboxylic acids is 1. The van der Waals surface area contributed by atoms with Gasteiger partial charge in [0.2, 0.25) is 21.8 Å². The molecule has 0 aliphatic rings. The van der Waals surface area contributed by atoms with Crippen molar-refractivity contribution in [3.05, 3.63) is 73.1 Å². The molecule has 0 unspecified atom stereocenters. The van der Waals surface area contributed by atoms with Crippen LogP contribution in [0.1, 0.15) is 0 Å². The SMILES string of the molecule is CN(CC(=O)Nc1ccc(-c2nc3ccccc3o2)cc1)S(=O)(=O)c1cccnc1. The number of oxazole rings is 1. The average molecular weight is 422 g/mol. The fourth-order valence-electron chi connectivity index (χ4n) is 2.86. The molecule has 0 saturated heterocycles. The van der Waals surface area contributed by atoms with Gasteiger partial charge in [0.1, 0.15) is 10.4 Å². The number of nitrogens with zero attached hydrogens (tertiary/aromatic N) is 3. The summed E-state index contributed by atoms with van der Waals surface area (Å²) in [5, 5.41) is 2.69. The van der Waals surface area contributed by atoms with Crippen LogP contribution < -0.4 is 5.32 Å². The highest BCUT2D eigenvalue weighted by Crippen LogP contribution is 2.25. The molecule has 8 nitrogen and oxygen atoms in total. The van der Waals surface area contributed by atoms with E-state index in [4.69, 9.17) is 4.42 Å². The van der Waals surface area contributed by atoms with Gasteiger partial charge in [-0.3, -0.25) is 9.78 Å². The van der Waals surface area contributed by atoms with Gasteiger partial charge in [-0.2, -0.15) is 4.31 Å². The molecule has 0 atom stereocenters. The standard InChI is InChI=1S/C21H18N4O4S/c1-25(30(27,28)17-5-4-12-22-13-17)14-20(26)23-16-10-8-15(9-11-16)21-24-18-6-2-3-7-19(18)29-21/h2-13H,14H2,1H3,(H,23,26). The molecule has 1 amide bonds. The Morgan fingerprint density at radius 1 is 1.07 bits per heavy atom. The molecule has 30 heavy (non-hydrogen) atoms. The maximum Gasteiger partial charge on any atom is 0.244 e. The summed E-state index contributed by atoms with van der Waals surface area (Å²) >= 11 is 0. The lowest BCUT2D eigenvalue weighted by molar-refractivity contribution is -0.116. The first-order valence-corrected chi connectivity index (χ1v) is 10.5. The number of para-hydroxylation sites is 2. The van der Waals surface area contributed by atoms with E-state index < -0.39 is 15.9 Å². The third kappa shape index (κ3) is 4.07. The van der Waals surface area contributed by atoms with E-state index in [9.17, 15) is 13.2 Å². The zero-order chi connectivity index (χ0) is 21.1. The Kier molecular flexibility index (Phi) is 5.30. The van der Waals surface area contributed by atoms with E-state index in [2.05, 4.69) is 15.3 Å². The van der Waals surface area contributed by atoms with Crippen LogP contribution in [0.15, 0.2) is 82.4 Å². The van der Waals surface area contributed by atoms with E-state index in [0.29, 0.717) is 17.2 Å². The highest BCUT2D eigenvalue weighted by Gasteiger charge is 2.23. The van der Waals surface area contributed by atoms with Crippen LogP contribution in [0.5, 0.6) is 0 Å². The summed E-state index contributed by atoms with van der Waals surface area (Å²) in [6, 6.07) is 17.4. The molecule has 0 saturated carbocycles. The largest absolute Gasteiger partial charge is 0.436 e. The van der Waals surface area contributed by atoms with Crippen LogP contribution >= 0.6 is 0 Å². The number of fused-ring (bicyclic) bond motifs is 1. The van der Waals surface area contributed by atoms with Crippen LogP contribution in [0, 0.1) is 0 Å². The summed E-state index contributed by atoms with van der Waals surface area (Å²) in [6.07, 6.45) is 2.73. The van der Waals surface area contributed by atoms with E-state index >= 15 is 0 Å². The number of anilines is 1. The molecule has 0 spiro atoms. The number of benzene rings is 2. The monoisotopic (exact) mass is 422 g/mol. The molecular formula is C21H18N4O4S. The predicted molar refractivity (Wildman–Crippen MR) is 112 cm³/mol. The van der Waals surface area contributed by atoms with Crippen LogP contribution in [0.4, 0.5) is 5.69 Å². The summed E-state index contributed by atoms with van der Waals surface area (Å²) in [4.78, 5) is 20.6. The van der Waals surface area contributed by atoms with Gasteiger partial charge < -0.3 is 9.73 Å². The maximum atomic E-state index is 12.5. The van der Waals surface area contributed by atoms with Crippen molar-refractivity contribution in [1.82, 2.24) is 14.3 Å². The number of sulfonamides is 1. The zero-order valence-electron chi connectivity index (χ0n) is 16.0. The van der Waals surface area contributed by atoms with Crippen molar-refractivity contribution in [1.29, 1.82) is 0 Å². The maximum absolute atomic E-state index is 12.5. The summed E-state index contributed by atoms with van der Waals surface area (Å²) in [5.41, 5.74) is 2.76. The first-order chi connectivity index (χ1) is 14.4. The highest BCUT2D eigenvalue weighted by atomic mass is 32.2. The van der Waals surface area contributed by atoms with Gasteiger partial charge >= 0.3 is 0 Å². The van der Waals surface area contributed by atoms with Crippen LogP contribution in [0.2, 0.25) is 0 Å². The number of pyridine rings is 1. The Labute approximate surface area is 173 Å². The topological polar surface area (TPSA) is 105 Å². The molecule has 4 aromatic rings. The van der Waals surface area contributed by atoms with Crippen molar-refractivity contribution in [3.63, 3.8) is 0 Å². The van der Waals surface area contributed by atoms with Gasteiger partial charge in [0.15, 0.2) is 5.58 Å². The van der Waals surface area contributed by atoms with Crippen LogP contribution in [-0.2, 0) is 14.8 Å². The van der Waals surface area contributed by atoms with Gasteiger partial charge in [-0.15, -0.1) is 0 Å². The molecule has 0 aliphatic heterocycles. The van der Waals surface area contributed by atoms with Gasteiger partial charge in [-0.25, -0.2) is 13.4 Å². The Morgan fingerprint density at radius 2 is 1.83 bits per heavy atom. The molecule has 152 valence electrons. The molecule has 0 aliphatic carbocycles. The first-order valence-electron chi connectivity index (χ1n) is 9.06. The Morgan fingerprint density at radius 3 is 2.53 bits per heavy atom. The second-order valence-electron chi connectivity index (χ2n) is 6.56. The third-order valence-electron chi connectivity index (χ3n) is 4.42. The van der Waals surface area contributed by atoms with Crippen molar-refractivity contribution in [3.8, 4) is 11.5 Å². The number of hydrogen-bond acceptors (Lipinski definition) is 6. The van der Waals surface area contributed by atoms with E-state index in [0.717, 1.165) is 15.4 Å². The number of nitrogens with one attached hydrogen (secondary N) is 1. The lowest BCUT2D eigenvalue weighted by atomic mass is 10.2. The van der Waals surface area contributed by atoms with Gasteiger partial charge in [-0.1, -0.05) is 12.1 Å². The van der Waals surface area contributed by atoms with E-state index in [1.54, 1.807) is 24.3 Å². The van der Waals surface area contributed by atoms with E-state index in [1.165, 1.54) is 31.6 Å². The second kappa shape index (κ2) is 8.05. The number of likely N-dealkylation sites (N-methyl/N-ethyl adjacent to an activating group) is 1. The van der Waals surface area contributed by atoms with Gasteiger partial charge in [0.25, 0.3) is 0 Å². The highest BCUT2D eigenvalue weighted by molar-refractivity contribution is 7.89. The van der Waals surface area contributed by atoms with Crippen molar-refractivity contribution >= 4 is 32.7 Å². The molecule has 1 N–H and O–H groups in total. The minimum absolute atomic E-state index is 0.0305. The third-order valence-corrected chi connectivity index (χ3v) is 6.21. The summed E-state index contributed by atoms with van der Waals surface area (Å²) in [6.45, 7) is -0.329. The van der Waals surface area contributed by atoms with Crippen LogP contribution in [0.3, 0.4) is 0 Å². The van der Waals surface area contributed by atoms with Gasteiger partial charge in [0.05, 0.1) is 6.54 Å². The van der Waals surface area contributed by atoms with Crippen molar-refractivity contribution in [2.75, 3.05) is 18.9 Å². The van der Waals surface area contributed by atoms with Crippen LogP contribution in [-0.4, -0.2) is 42.2 Å². The molecule has 9 heteroatoms. The number of amides is 1. The van der Waals surface area contributed by atoms with E-state index in [1.807, 2.05) is 24.3 Å². The predicted octanol–water partition coefficient (Wildman–Crippen LogP) is 3.15. The lowest BCUT2D eigenvalue weighted by Gasteiger charge is -2.16. The first kappa shape index (κ1) is 19.7. The Hall–Kier alpha value is -3.56. The number of hydrogen-bond donors (Lipinski definition) is 1. The number of rotatable bonds is 6. The minimum Gasteiger partial charge on any atom is -0.436 e. The number of carbonyl (C=O) groups is 1. The second-order valence-corrected chi connectivity index (χ2v) is 8.61. The minimum atomic E-state index is -3.79. The molecule has 2 aromatic heterocycles. The average Bonchev–Trinajstić information content (AvgIpc) is 3.19. The van der Waals surface area contributed by atoms with E-state index in [-0.39, 0.29) is 11.4 Å². The van der Waals surface area contributed by atoms with Crippen molar-refractivity contribution in [2.24, 2.45) is 0 Å². The van der Waals surface area contributed by atoms with Crippen molar-refractivity contribution in [2.45, 2.75) is 4.90 Å². The van der Waals surface area contributed by atoms with Crippen molar-refractivity contribution < 1.29 is 17.6 Å². The number of aromatic nitrogens is 2.